The van der Waals surface area contributed by atoms with Gasteiger partial charge >= 0.3 is 0 Å². The SMILES string of the molecule is CC(=O)C/C=C/Cc1cc(C(C)C)ccc1O. The lowest BCUT2D eigenvalue weighted by molar-refractivity contribution is -0.116. The minimum atomic E-state index is 0.154. The van der Waals surface area contributed by atoms with Crippen LogP contribution in [0.5, 0.6) is 5.75 Å². The van der Waals surface area contributed by atoms with Crippen LogP contribution in [0, 0.1) is 0 Å². The number of hydrogen-bond donors (Lipinski definition) is 1. The average Bonchev–Trinajstić information content (AvgIpc) is 2.25. The fourth-order valence-corrected chi connectivity index (χ4v) is 1.59. The molecule has 0 amide bonds. The Labute approximate surface area is 103 Å². The number of aromatic hydroxyl groups is 1. The molecule has 1 aromatic carbocycles. The third kappa shape index (κ3) is 4.43. The predicted molar refractivity (Wildman–Crippen MR) is 70.3 cm³/mol. The molecule has 0 radical (unpaired) electrons. The van der Waals surface area contributed by atoms with E-state index in [2.05, 4.69) is 13.8 Å². The number of Topliss-reactive ketones (excluding diaryl/α,β-unsaturated/α-hetero) is 1. The van der Waals surface area contributed by atoms with Crippen molar-refractivity contribution in [3.63, 3.8) is 0 Å². The minimum Gasteiger partial charge on any atom is -0.508 e. The molecule has 1 rings (SSSR count). The molecule has 0 saturated heterocycles. The van der Waals surface area contributed by atoms with Crippen molar-refractivity contribution in [2.45, 2.75) is 39.5 Å². The summed E-state index contributed by atoms with van der Waals surface area (Å²) in [5, 5.41) is 9.72. The highest BCUT2D eigenvalue weighted by atomic mass is 16.3. The Morgan fingerprint density at radius 1 is 1.35 bits per heavy atom. The van der Waals surface area contributed by atoms with E-state index in [1.165, 1.54) is 5.56 Å². The topological polar surface area (TPSA) is 37.3 Å². The summed E-state index contributed by atoms with van der Waals surface area (Å²) in [6.45, 7) is 5.82. The molecular formula is C15H20O2. The first kappa shape index (κ1) is 13.5. The number of ketones is 1. The summed E-state index contributed by atoms with van der Waals surface area (Å²) in [7, 11) is 0. The number of phenols is 1. The minimum absolute atomic E-state index is 0.154. The Bertz CT molecular complexity index is 417. The maximum atomic E-state index is 10.8. The monoisotopic (exact) mass is 232 g/mol. The quantitative estimate of drug-likeness (QED) is 0.788. The molecule has 0 aliphatic carbocycles. The Morgan fingerprint density at radius 2 is 2.06 bits per heavy atom. The standard InChI is InChI=1S/C15H20O2/c1-11(2)13-8-9-15(17)14(10-13)7-5-4-6-12(3)16/h4-5,8-11,17H,6-7H2,1-3H3/b5-4+. The number of carbonyl (C=O) groups excluding carboxylic acids is 1. The molecule has 0 atom stereocenters. The second-order valence-electron chi connectivity index (χ2n) is 4.62. The van der Waals surface area contributed by atoms with Gasteiger partial charge in [0.1, 0.15) is 11.5 Å². The van der Waals surface area contributed by atoms with Crippen LogP contribution in [0.1, 0.15) is 44.2 Å². The number of carbonyl (C=O) groups is 1. The third-order valence-electron chi connectivity index (χ3n) is 2.68. The van der Waals surface area contributed by atoms with Crippen LogP contribution in [0.4, 0.5) is 0 Å². The maximum Gasteiger partial charge on any atom is 0.133 e. The van der Waals surface area contributed by atoms with Gasteiger partial charge in [0.15, 0.2) is 0 Å². The molecule has 0 bridgehead atoms. The molecule has 0 heterocycles. The van der Waals surface area contributed by atoms with Gasteiger partial charge in [0.05, 0.1) is 0 Å². The highest BCUT2D eigenvalue weighted by Gasteiger charge is 2.04. The Kier molecular flexibility index (Phi) is 4.95. The van der Waals surface area contributed by atoms with Crippen LogP contribution >= 0.6 is 0 Å². The summed E-state index contributed by atoms with van der Waals surface area (Å²) >= 11 is 0. The van der Waals surface area contributed by atoms with Crippen molar-refractivity contribution in [2.75, 3.05) is 0 Å². The first-order chi connectivity index (χ1) is 8.00. The zero-order valence-electron chi connectivity index (χ0n) is 10.7. The van der Waals surface area contributed by atoms with E-state index in [0.29, 0.717) is 24.5 Å². The molecule has 0 saturated carbocycles. The average molecular weight is 232 g/mol. The molecule has 92 valence electrons. The summed E-state index contributed by atoms with van der Waals surface area (Å²) in [6, 6.07) is 5.71. The van der Waals surface area contributed by atoms with E-state index in [4.69, 9.17) is 0 Å². The molecule has 17 heavy (non-hydrogen) atoms. The summed E-state index contributed by atoms with van der Waals surface area (Å²) in [5.74, 6) is 0.929. The van der Waals surface area contributed by atoms with E-state index in [1.54, 1.807) is 13.0 Å². The molecule has 1 aromatic rings. The smallest absolute Gasteiger partial charge is 0.133 e. The van der Waals surface area contributed by atoms with Crippen molar-refractivity contribution in [2.24, 2.45) is 0 Å². The number of phenolic OH excluding ortho intramolecular Hbond substituents is 1. The van der Waals surface area contributed by atoms with Gasteiger partial charge in [-0.3, -0.25) is 4.79 Å². The Morgan fingerprint density at radius 3 is 2.65 bits per heavy atom. The molecule has 0 unspecified atom stereocenters. The zero-order chi connectivity index (χ0) is 12.8. The Balaban J connectivity index is 2.72. The van der Waals surface area contributed by atoms with E-state index < -0.39 is 0 Å². The van der Waals surface area contributed by atoms with Crippen molar-refractivity contribution >= 4 is 5.78 Å². The van der Waals surface area contributed by atoms with Crippen molar-refractivity contribution < 1.29 is 9.90 Å². The van der Waals surface area contributed by atoms with Gasteiger partial charge in [-0.1, -0.05) is 38.1 Å². The van der Waals surface area contributed by atoms with Crippen LogP contribution in [0.15, 0.2) is 30.4 Å². The van der Waals surface area contributed by atoms with Gasteiger partial charge in [0.25, 0.3) is 0 Å². The van der Waals surface area contributed by atoms with Crippen LogP contribution < -0.4 is 0 Å². The number of allylic oxidation sites excluding steroid dienone is 2. The molecule has 0 aromatic heterocycles. The normalized spacial score (nSPS) is 11.3. The number of hydrogen-bond acceptors (Lipinski definition) is 2. The molecule has 0 aliphatic rings. The van der Waals surface area contributed by atoms with Crippen LogP contribution in [0.3, 0.4) is 0 Å². The van der Waals surface area contributed by atoms with E-state index in [9.17, 15) is 9.90 Å². The van der Waals surface area contributed by atoms with E-state index >= 15 is 0 Å². The predicted octanol–water partition coefficient (Wildman–Crippen LogP) is 3.59. The second-order valence-corrected chi connectivity index (χ2v) is 4.62. The van der Waals surface area contributed by atoms with Gasteiger partial charge in [0.2, 0.25) is 0 Å². The lowest BCUT2D eigenvalue weighted by atomic mass is 9.99. The molecule has 0 aliphatic heterocycles. The summed E-state index contributed by atoms with van der Waals surface area (Å²) in [5.41, 5.74) is 2.13. The fraction of sp³-hybridized carbons (Fsp3) is 0.400. The van der Waals surface area contributed by atoms with Crippen molar-refractivity contribution in [3.05, 3.63) is 41.5 Å². The second kappa shape index (κ2) is 6.24. The summed E-state index contributed by atoms with van der Waals surface area (Å²) < 4.78 is 0. The molecule has 0 spiro atoms. The molecule has 0 fully saturated rings. The van der Waals surface area contributed by atoms with E-state index in [0.717, 1.165) is 5.56 Å². The van der Waals surface area contributed by atoms with Crippen LogP contribution in [0.2, 0.25) is 0 Å². The van der Waals surface area contributed by atoms with E-state index in [1.807, 2.05) is 24.3 Å². The molecular weight excluding hydrogens is 212 g/mol. The highest BCUT2D eigenvalue weighted by Crippen LogP contribution is 2.23. The third-order valence-corrected chi connectivity index (χ3v) is 2.68. The van der Waals surface area contributed by atoms with Crippen LogP contribution in [-0.4, -0.2) is 10.9 Å². The number of rotatable bonds is 5. The van der Waals surface area contributed by atoms with Gasteiger partial charge in [0, 0.05) is 6.42 Å². The maximum absolute atomic E-state index is 10.8. The van der Waals surface area contributed by atoms with Gasteiger partial charge in [-0.15, -0.1) is 0 Å². The Hall–Kier alpha value is -1.57. The first-order valence-corrected chi connectivity index (χ1v) is 5.97. The van der Waals surface area contributed by atoms with Gasteiger partial charge in [-0.05, 0) is 36.5 Å². The van der Waals surface area contributed by atoms with Crippen molar-refractivity contribution in [1.29, 1.82) is 0 Å². The summed E-state index contributed by atoms with van der Waals surface area (Å²) in [4.78, 5) is 10.8. The number of benzene rings is 1. The van der Waals surface area contributed by atoms with E-state index in [-0.39, 0.29) is 5.78 Å². The molecule has 1 N–H and O–H groups in total. The highest BCUT2D eigenvalue weighted by molar-refractivity contribution is 5.76. The van der Waals surface area contributed by atoms with Crippen molar-refractivity contribution in [3.8, 4) is 5.75 Å². The lowest BCUT2D eigenvalue weighted by Crippen LogP contribution is -1.91. The molecule has 2 heteroatoms. The lowest BCUT2D eigenvalue weighted by Gasteiger charge is -2.08. The van der Waals surface area contributed by atoms with Gasteiger partial charge < -0.3 is 5.11 Å². The van der Waals surface area contributed by atoms with Crippen LogP contribution in [-0.2, 0) is 11.2 Å². The van der Waals surface area contributed by atoms with Crippen LogP contribution in [0.25, 0.3) is 0 Å². The fourth-order valence-electron chi connectivity index (χ4n) is 1.59. The molecule has 2 nitrogen and oxygen atoms in total. The van der Waals surface area contributed by atoms with Crippen molar-refractivity contribution in [1.82, 2.24) is 0 Å². The largest absolute Gasteiger partial charge is 0.508 e. The first-order valence-electron chi connectivity index (χ1n) is 5.97. The zero-order valence-corrected chi connectivity index (χ0v) is 10.7. The van der Waals surface area contributed by atoms with Gasteiger partial charge in [-0.25, -0.2) is 0 Å². The summed E-state index contributed by atoms with van der Waals surface area (Å²) in [6.07, 6.45) is 4.91. The van der Waals surface area contributed by atoms with Gasteiger partial charge in [-0.2, -0.15) is 0 Å².